The van der Waals surface area contributed by atoms with Gasteiger partial charge < -0.3 is 9.42 Å². The number of likely N-dealkylation sites (tertiary alicyclic amines) is 1. The van der Waals surface area contributed by atoms with Crippen molar-refractivity contribution in [1.29, 1.82) is 0 Å². The Kier molecular flexibility index (Phi) is 2.83. The molecule has 0 radical (unpaired) electrons. The summed E-state index contributed by atoms with van der Waals surface area (Å²) >= 11 is 0. The van der Waals surface area contributed by atoms with Crippen molar-refractivity contribution in [2.24, 2.45) is 0 Å². The van der Waals surface area contributed by atoms with Crippen molar-refractivity contribution < 1.29 is 9.32 Å². The van der Waals surface area contributed by atoms with Crippen molar-refractivity contribution in [2.75, 3.05) is 6.54 Å². The molecule has 3 aliphatic rings. The van der Waals surface area contributed by atoms with Gasteiger partial charge in [-0.25, -0.2) is 0 Å². The fourth-order valence-electron chi connectivity index (χ4n) is 3.35. The van der Waals surface area contributed by atoms with Crippen molar-refractivity contribution in [3.63, 3.8) is 0 Å². The van der Waals surface area contributed by atoms with Crippen molar-refractivity contribution in [1.82, 2.24) is 25.2 Å². The van der Waals surface area contributed by atoms with Crippen LogP contribution in [0.3, 0.4) is 0 Å². The second-order valence-electron chi connectivity index (χ2n) is 6.90. The van der Waals surface area contributed by atoms with Gasteiger partial charge in [0, 0.05) is 24.1 Å². The van der Waals surface area contributed by atoms with E-state index in [4.69, 9.17) is 4.52 Å². The number of carbonyl (C=O) groups excluding carboxylic acids is 1. The molecule has 2 saturated carbocycles. The summed E-state index contributed by atoms with van der Waals surface area (Å²) in [5.74, 6) is 2.35. The first-order valence-corrected chi connectivity index (χ1v) is 8.49. The molecule has 3 heterocycles. The number of aromatic nitrogens is 4. The van der Waals surface area contributed by atoms with E-state index < -0.39 is 0 Å². The average Bonchev–Trinajstić information content (AvgIpc) is 3.43. The number of nitrogens with one attached hydrogen (secondary N) is 1. The highest BCUT2D eigenvalue weighted by Crippen LogP contribution is 2.41. The Morgan fingerprint density at radius 2 is 2.04 bits per heavy atom. The largest absolute Gasteiger partial charge is 0.339 e. The van der Waals surface area contributed by atoms with E-state index in [9.17, 15) is 4.79 Å². The van der Waals surface area contributed by atoms with Crippen molar-refractivity contribution in [2.45, 2.75) is 56.4 Å². The lowest BCUT2D eigenvalue weighted by Crippen LogP contribution is -2.31. The molecule has 1 atom stereocenters. The second kappa shape index (κ2) is 4.91. The molecule has 2 aromatic heterocycles. The molecule has 3 fully saturated rings. The Morgan fingerprint density at radius 1 is 1.22 bits per heavy atom. The molecule has 1 unspecified atom stereocenters. The van der Waals surface area contributed by atoms with Crippen molar-refractivity contribution in [3.05, 3.63) is 29.2 Å². The number of hydrogen-bond donors (Lipinski definition) is 1. The Bertz CT molecular complexity index is 743. The molecule has 0 bridgehead atoms. The van der Waals surface area contributed by atoms with Gasteiger partial charge in [0.2, 0.25) is 5.89 Å². The molecular formula is C16H19N5O2. The van der Waals surface area contributed by atoms with E-state index >= 15 is 0 Å². The molecule has 1 saturated heterocycles. The third kappa shape index (κ3) is 2.34. The zero-order valence-electron chi connectivity index (χ0n) is 12.9. The van der Waals surface area contributed by atoms with E-state index in [0.717, 1.165) is 43.8 Å². The smallest absolute Gasteiger partial charge is 0.274 e. The van der Waals surface area contributed by atoms with Gasteiger partial charge in [0.15, 0.2) is 5.82 Å². The molecule has 2 aliphatic carbocycles. The van der Waals surface area contributed by atoms with Crippen LogP contribution in [0.4, 0.5) is 0 Å². The van der Waals surface area contributed by atoms with Crippen LogP contribution in [0.25, 0.3) is 0 Å². The first-order chi connectivity index (χ1) is 11.3. The molecule has 5 rings (SSSR count). The minimum absolute atomic E-state index is 0.0339. The quantitative estimate of drug-likeness (QED) is 0.937. The van der Waals surface area contributed by atoms with Gasteiger partial charge in [-0.05, 0) is 44.6 Å². The lowest BCUT2D eigenvalue weighted by Gasteiger charge is -2.20. The summed E-state index contributed by atoms with van der Waals surface area (Å²) in [5, 5.41) is 11.3. The molecule has 0 aromatic carbocycles. The SMILES string of the molecule is O=C(c1cc(C2CC2)[nH]n1)N1CCCC1c1noc(C2CC2)n1. The van der Waals surface area contributed by atoms with Crippen molar-refractivity contribution in [3.8, 4) is 0 Å². The molecular weight excluding hydrogens is 294 g/mol. The van der Waals surface area contributed by atoms with E-state index in [2.05, 4.69) is 20.3 Å². The summed E-state index contributed by atoms with van der Waals surface area (Å²) < 4.78 is 5.36. The highest BCUT2D eigenvalue weighted by Gasteiger charge is 2.37. The normalized spacial score (nSPS) is 24.3. The molecule has 23 heavy (non-hydrogen) atoms. The standard InChI is InChI=1S/C16H19N5O2/c22-16(12-8-11(18-19-12)9-3-4-9)21-7-1-2-13(21)14-17-15(23-20-14)10-5-6-10/h8-10,13H,1-7H2,(H,18,19). The number of hydrogen-bond acceptors (Lipinski definition) is 5. The number of aromatic amines is 1. The number of nitrogens with zero attached hydrogens (tertiary/aromatic N) is 4. The van der Waals surface area contributed by atoms with E-state index in [1.165, 1.54) is 12.8 Å². The third-order valence-electron chi connectivity index (χ3n) is 5.03. The van der Waals surface area contributed by atoms with Crippen LogP contribution in [0.1, 0.15) is 84.3 Å². The van der Waals surface area contributed by atoms with Crippen LogP contribution in [0.15, 0.2) is 10.6 Å². The van der Waals surface area contributed by atoms with E-state index in [1.807, 2.05) is 11.0 Å². The van der Waals surface area contributed by atoms with Gasteiger partial charge >= 0.3 is 0 Å². The lowest BCUT2D eigenvalue weighted by atomic mass is 10.2. The summed E-state index contributed by atoms with van der Waals surface area (Å²) in [5.41, 5.74) is 1.59. The van der Waals surface area contributed by atoms with Crippen LogP contribution in [-0.2, 0) is 0 Å². The number of carbonyl (C=O) groups is 1. The van der Waals surface area contributed by atoms with Crippen molar-refractivity contribution >= 4 is 5.91 Å². The Balaban J connectivity index is 1.37. The van der Waals surface area contributed by atoms with E-state index in [-0.39, 0.29) is 11.9 Å². The monoisotopic (exact) mass is 313 g/mol. The van der Waals surface area contributed by atoms with Gasteiger partial charge in [-0.2, -0.15) is 10.1 Å². The average molecular weight is 313 g/mol. The molecule has 120 valence electrons. The van der Waals surface area contributed by atoms with E-state index in [1.54, 1.807) is 0 Å². The van der Waals surface area contributed by atoms with Crippen LogP contribution in [0.5, 0.6) is 0 Å². The first kappa shape index (κ1) is 13.3. The summed E-state index contributed by atoms with van der Waals surface area (Å²) in [6.07, 6.45) is 6.49. The Hall–Kier alpha value is -2.18. The fraction of sp³-hybridized carbons (Fsp3) is 0.625. The molecule has 1 aliphatic heterocycles. The second-order valence-corrected chi connectivity index (χ2v) is 6.90. The molecule has 2 aromatic rings. The van der Waals surface area contributed by atoms with Gasteiger partial charge in [-0.15, -0.1) is 0 Å². The fourth-order valence-corrected chi connectivity index (χ4v) is 3.35. The lowest BCUT2D eigenvalue weighted by molar-refractivity contribution is 0.0722. The summed E-state index contributed by atoms with van der Waals surface area (Å²) in [6, 6.07) is 1.82. The van der Waals surface area contributed by atoms with Gasteiger partial charge in [-0.1, -0.05) is 5.16 Å². The maximum Gasteiger partial charge on any atom is 0.274 e. The zero-order chi connectivity index (χ0) is 15.4. The Morgan fingerprint density at radius 3 is 2.83 bits per heavy atom. The molecule has 7 heteroatoms. The van der Waals surface area contributed by atoms with Gasteiger partial charge in [0.05, 0.1) is 6.04 Å². The highest BCUT2D eigenvalue weighted by molar-refractivity contribution is 5.92. The third-order valence-corrected chi connectivity index (χ3v) is 5.03. The van der Waals surface area contributed by atoms with E-state index in [0.29, 0.717) is 23.4 Å². The van der Waals surface area contributed by atoms with Crippen LogP contribution in [-0.4, -0.2) is 37.7 Å². The predicted octanol–water partition coefficient (Wildman–Crippen LogP) is 2.52. The number of H-pyrrole nitrogens is 1. The maximum absolute atomic E-state index is 12.8. The summed E-state index contributed by atoms with van der Waals surface area (Å²) in [4.78, 5) is 19.2. The predicted molar refractivity (Wildman–Crippen MR) is 79.8 cm³/mol. The zero-order valence-corrected chi connectivity index (χ0v) is 12.9. The van der Waals surface area contributed by atoms with Gasteiger partial charge in [0.25, 0.3) is 5.91 Å². The van der Waals surface area contributed by atoms with Gasteiger partial charge in [0.1, 0.15) is 5.69 Å². The first-order valence-electron chi connectivity index (χ1n) is 8.49. The molecule has 1 amide bonds. The van der Waals surface area contributed by atoms with Crippen LogP contribution in [0, 0.1) is 0 Å². The van der Waals surface area contributed by atoms with Crippen LogP contribution < -0.4 is 0 Å². The summed E-state index contributed by atoms with van der Waals surface area (Å²) in [7, 11) is 0. The van der Waals surface area contributed by atoms with Gasteiger partial charge in [-0.3, -0.25) is 9.89 Å². The minimum Gasteiger partial charge on any atom is -0.339 e. The minimum atomic E-state index is -0.0835. The number of amides is 1. The highest BCUT2D eigenvalue weighted by atomic mass is 16.5. The summed E-state index contributed by atoms with van der Waals surface area (Å²) in [6.45, 7) is 0.725. The Labute approximate surface area is 133 Å². The molecule has 7 nitrogen and oxygen atoms in total. The topological polar surface area (TPSA) is 87.9 Å². The molecule has 0 spiro atoms. The van der Waals surface area contributed by atoms with Crippen LogP contribution >= 0.6 is 0 Å². The molecule has 1 N–H and O–H groups in total. The van der Waals surface area contributed by atoms with Crippen LogP contribution in [0.2, 0.25) is 0 Å². The number of rotatable bonds is 4. The maximum atomic E-state index is 12.8.